The van der Waals surface area contributed by atoms with Gasteiger partial charge < -0.3 is 5.32 Å². The summed E-state index contributed by atoms with van der Waals surface area (Å²) in [5.74, 6) is 5.80. The number of anilines is 1. The van der Waals surface area contributed by atoms with Crippen LogP contribution in [0.5, 0.6) is 0 Å². The van der Waals surface area contributed by atoms with Crippen molar-refractivity contribution in [3.8, 4) is 0 Å². The van der Waals surface area contributed by atoms with Gasteiger partial charge in [-0.05, 0) is 35.6 Å². The Labute approximate surface area is 106 Å². The molecule has 0 bridgehead atoms. The maximum atomic E-state index is 4.38. The highest BCUT2D eigenvalue weighted by Crippen LogP contribution is 2.21. The van der Waals surface area contributed by atoms with Crippen LogP contribution in [-0.2, 0) is 5.75 Å². The first-order valence-corrected chi connectivity index (χ1v) is 8.06. The highest BCUT2D eigenvalue weighted by molar-refractivity contribution is 7.99. The van der Waals surface area contributed by atoms with Crippen molar-refractivity contribution in [3.63, 3.8) is 0 Å². The van der Waals surface area contributed by atoms with Gasteiger partial charge in [-0.25, -0.2) is 4.98 Å². The average Bonchev–Trinajstić information content (AvgIpc) is 2.80. The van der Waals surface area contributed by atoms with Gasteiger partial charge in [0.05, 0.1) is 0 Å². The summed E-state index contributed by atoms with van der Waals surface area (Å²) in [6, 6.07) is 4.91. The molecular formula is C12H18N2S2. The Hall–Kier alpha value is -0.350. The molecule has 0 saturated carbocycles. The Kier molecular flexibility index (Phi) is 4.85. The van der Waals surface area contributed by atoms with Gasteiger partial charge in [0.15, 0.2) is 0 Å². The molecule has 0 spiro atoms. The monoisotopic (exact) mass is 254 g/mol. The quantitative estimate of drug-likeness (QED) is 0.872. The molecule has 1 aromatic heterocycles. The first-order chi connectivity index (χ1) is 7.88. The molecule has 0 amide bonds. The van der Waals surface area contributed by atoms with E-state index in [0.29, 0.717) is 6.04 Å². The van der Waals surface area contributed by atoms with Crippen molar-refractivity contribution in [2.75, 3.05) is 22.6 Å². The lowest BCUT2D eigenvalue weighted by molar-refractivity contribution is 0.806. The largest absolute Gasteiger partial charge is 0.366 e. The third kappa shape index (κ3) is 3.59. The molecule has 0 aromatic carbocycles. The van der Waals surface area contributed by atoms with Gasteiger partial charge in [0, 0.05) is 23.7 Å². The number of aromatic nitrogens is 1. The molecule has 1 fully saturated rings. The van der Waals surface area contributed by atoms with Gasteiger partial charge in [-0.1, -0.05) is 6.92 Å². The lowest BCUT2D eigenvalue weighted by atomic mass is 10.2. The Morgan fingerprint density at radius 2 is 2.56 bits per heavy atom. The molecule has 2 heterocycles. The van der Waals surface area contributed by atoms with Crippen molar-refractivity contribution >= 4 is 29.3 Å². The topological polar surface area (TPSA) is 24.9 Å². The van der Waals surface area contributed by atoms with E-state index >= 15 is 0 Å². The summed E-state index contributed by atoms with van der Waals surface area (Å²) in [6.45, 7) is 2.20. The lowest BCUT2D eigenvalue weighted by Crippen LogP contribution is -2.18. The first kappa shape index (κ1) is 12.1. The van der Waals surface area contributed by atoms with Crippen LogP contribution < -0.4 is 5.32 Å². The van der Waals surface area contributed by atoms with Crippen molar-refractivity contribution < 1.29 is 0 Å². The third-order valence-corrected chi connectivity index (χ3v) is 4.69. The van der Waals surface area contributed by atoms with Crippen molar-refractivity contribution in [1.82, 2.24) is 4.98 Å². The van der Waals surface area contributed by atoms with Gasteiger partial charge in [-0.15, -0.1) is 0 Å². The van der Waals surface area contributed by atoms with E-state index in [9.17, 15) is 0 Å². The standard InChI is InChI=1S/C12H18N2S2/c1-2-15-8-10-3-5-13-12(7-10)14-11-4-6-16-9-11/h3,5,7,11H,2,4,6,8-9H2,1H3,(H,13,14). The number of hydrogen-bond donors (Lipinski definition) is 1. The maximum Gasteiger partial charge on any atom is 0.126 e. The Morgan fingerprint density at radius 3 is 3.31 bits per heavy atom. The molecule has 0 aliphatic carbocycles. The second-order valence-electron chi connectivity index (χ2n) is 3.89. The van der Waals surface area contributed by atoms with Gasteiger partial charge in [0.1, 0.15) is 5.82 Å². The number of pyridine rings is 1. The van der Waals surface area contributed by atoms with Crippen LogP contribution in [0.15, 0.2) is 18.3 Å². The minimum absolute atomic E-state index is 0.617. The van der Waals surface area contributed by atoms with Crippen LogP contribution >= 0.6 is 23.5 Å². The summed E-state index contributed by atoms with van der Waals surface area (Å²) in [7, 11) is 0. The van der Waals surface area contributed by atoms with Crippen LogP contribution in [0.1, 0.15) is 18.9 Å². The van der Waals surface area contributed by atoms with Crippen molar-refractivity contribution in [2.45, 2.75) is 25.1 Å². The lowest BCUT2D eigenvalue weighted by Gasteiger charge is -2.12. The van der Waals surface area contributed by atoms with E-state index in [2.05, 4.69) is 29.4 Å². The van der Waals surface area contributed by atoms with Crippen LogP contribution in [0.2, 0.25) is 0 Å². The maximum absolute atomic E-state index is 4.38. The van der Waals surface area contributed by atoms with Crippen LogP contribution in [-0.4, -0.2) is 28.3 Å². The van der Waals surface area contributed by atoms with Crippen LogP contribution in [0.3, 0.4) is 0 Å². The van der Waals surface area contributed by atoms with E-state index in [-0.39, 0.29) is 0 Å². The van der Waals surface area contributed by atoms with Crippen LogP contribution in [0.25, 0.3) is 0 Å². The van der Waals surface area contributed by atoms with Crippen molar-refractivity contribution in [3.05, 3.63) is 23.9 Å². The van der Waals surface area contributed by atoms with Gasteiger partial charge in [0.25, 0.3) is 0 Å². The first-order valence-electron chi connectivity index (χ1n) is 5.75. The molecule has 1 saturated heterocycles. The van der Waals surface area contributed by atoms with E-state index in [1.54, 1.807) is 0 Å². The number of nitrogens with zero attached hydrogens (tertiary/aromatic N) is 1. The fraction of sp³-hybridized carbons (Fsp3) is 0.583. The molecular weight excluding hydrogens is 236 g/mol. The number of nitrogens with one attached hydrogen (secondary N) is 1. The summed E-state index contributed by atoms with van der Waals surface area (Å²) in [4.78, 5) is 4.38. The highest BCUT2D eigenvalue weighted by atomic mass is 32.2. The summed E-state index contributed by atoms with van der Waals surface area (Å²) in [5, 5.41) is 3.52. The third-order valence-electron chi connectivity index (χ3n) is 2.58. The smallest absolute Gasteiger partial charge is 0.126 e. The molecule has 1 aromatic rings. The molecule has 1 N–H and O–H groups in total. The molecule has 1 aliphatic rings. The minimum Gasteiger partial charge on any atom is -0.366 e. The Morgan fingerprint density at radius 1 is 1.62 bits per heavy atom. The Bertz CT molecular complexity index is 325. The molecule has 1 atom stereocenters. The zero-order valence-corrected chi connectivity index (χ0v) is 11.2. The zero-order valence-electron chi connectivity index (χ0n) is 9.61. The zero-order chi connectivity index (χ0) is 11.2. The molecule has 88 valence electrons. The van der Waals surface area contributed by atoms with Gasteiger partial charge in [-0.2, -0.15) is 23.5 Å². The minimum atomic E-state index is 0.617. The van der Waals surface area contributed by atoms with Gasteiger partial charge in [-0.3, -0.25) is 0 Å². The van der Waals surface area contributed by atoms with Crippen LogP contribution in [0, 0.1) is 0 Å². The van der Waals surface area contributed by atoms with Gasteiger partial charge in [0.2, 0.25) is 0 Å². The second-order valence-corrected chi connectivity index (χ2v) is 6.32. The molecule has 2 rings (SSSR count). The normalized spacial score (nSPS) is 19.9. The van der Waals surface area contributed by atoms with Crippen LogP contribution in [0.4, 0.5) is 5.82 Å². The van der Waals surface area contributed by atoms with Crippen molar-refractivity contribution in [2.24, 2.45) is 0 Å². The number of thioether (sulfide) groups is 2. The molecule has 1 aliphatic heterocycles. The SMILES string of the molecule is CCSCc1ccnc(NC2CCSC2)c1. The number of hydrogen-bond acceptors (Lipinski definition) is 4. The fourth-order valence-electron chi connectivity index (χ4n) is 1.72. The summed E-state index contributed by atoms with van der Waals surface area (Å²) in [6.07, 6.45) is 3.18. The molecule has 2 nitrogen and oxygen atoms in total. The van der Waals surface area contributed by atoms with E-state index in [1.165, 1.54) is 29.2 Å². The predicted octanol–water partition coefficient (Wildman–Crippen LogP) is 3.25. The highest BCUT2D eigenvalue weighted by Gasteiger charge is 2.15. The van der Waals surface area contributed by atoms with E-state index < -0.39 is 0 Å². The molecule has 4 heteroatoms. The predicted molar refractivity (Wildman–Crippen MR) is 75.4 cm³/mol. The van der Waals surface area contributed by atoms with E-state index in [4.69, 9.17) is 0 Å². The summed E-state index contributed by atoms with van der Waals surface area (Å²) < 4.78 is 0. The van der Waals surface area contributed by atoms with E-state index in [1.807, 2.05) is 29.7 Å². The summed E-state index contributed by atoms with van der Waals surface area (Å²) >= 11 is 3.98. The van der Waals surface area contributed by atoms with Crippen molar-refractivity contribution in [1.29, 1.82) is 0 Å². The second kappa shape index (κ2) is 6.40. The number of rotatable bonds is 5. The molecule has 0 radical (unpaired) electrons. The average molecular weight is 254 g/mol. The Balaban J connectivity index is 1.92. The summed E-state index contributed by atoms with van der Waals surface area (Å²) in [5.41, 5.74) is 1.37. The molecule has 1 unspecified atom stereocenters. The van der Waals surface area contributed by atoms with E-state index in [0.717, 1.165) is 11.6 Å². The van der Waals surface area contributed by atoms with Gasteiger partial charge >= 0.3 is 0 Å². The fourth-order valence-corrected chi connectivity index (χ4v) is 3.49. The molecule has 16 heavy (non-hydrogen) atoms.